The number of benzene rings is 2. The summed E-state index contributed by atoms with van der Waals surface area (Å²) >= 11 is 0. The molecule has 1 aliphatic rings. The molecule has 3 aromatic rings. The van der Waals surface area contributed by atoms with Gasteiger partial charge in [0.05, 0.1) is 7.11 Å². The van der Waals surface area contributed by atoms with E-state index in [1.807, 2.05) is 0 Å². The maximum atomic E-state index is 12.8. The highest BCUT2D eigenvalue weighted by molar-refractivity contribution is 5.91. The predicted molar refractivity (Wildman–Crippen MR) is 113 cm³/mol. The second kappa shape index (κ2) is 8.83. The Morgan fingerprint density at radius 1 is 0.971 bits per heavy atom. The number of hydrogen-bond acceptors (Lipinski definition) is 11. The highest BCUT2D eigenvalue weighted by Gasteiger charge is 2.48. The molecule has 5 unspecified atom stereocenters. The summed E-state index contributed by atoms with van der Waals surface area (Å²) < 4.78 is 21.3. The van der Waals surface area contributed by atoms with Crippen LogP contribution in [0.3, 0.4) is 0 Å². The van der Waals surface area contributed by atoms with Crippen molar-refractivity contribution in [3.63, 3.8) is 0 Å². The van der Waals surface area contributed by atoms with Crippen LogP contribution in [0.4, 0.5) is 0 Å². The first-order chi connectivity index (χ1) is 16.1. The Labute approximate surface area is 190 Å². The normalized spacial score (nSPS) is 24.6. The minimum absolute atomic E-state index is 0.0268. The number of carboxylic acid groups (broad SMARTS) is 1. The minimum atomic E-state index is -1.97. The lowest BCUT2D eigenvalue weighted by Gasteiger charge is -2.38. The summed E-state index contributed by atoms with van der Waals surface area (Å²) in [5, 5.41) is 59.5. The van der Waals surface area contributed by atoms with Crippen LogP contribution in [-0.2, 0) is 9.53 Å². The molecule has 0 spiro atoms. The smallest absolute Gasteiger partial charge is 0.335 e. The average Bonchev–Trinajstić information content (AvgIpc) is 2.80. The van der Waals surface area contributed by atoms with Gasteiger partial charge in [-0.2, -0.15) is 0 Å². The van der Waals surface area contributed by atoms with Crippen LogP contribution in [0.5, 0.6) is 23.0 Å². The zero-order chi connectivity index (χ0) is 24.7. The van der Waals surface area contributed by atoms with E-state index in [0.717, 1.165) is 12.1 Å². The Morgan fingerprint density at radius 2 is 1.65 bits per heavy atom. The lowest BCUT2D eigenvalue weighted by molar-refractivity contribution is -0.271. The van der Waals surface area contributed by atoms with Gasteiger partial charge in [0.15, 0.2) is 22.9 Å². The molecule has 2 heterocycles. The number of aromatic hydroxyl groups is 2. The molecule has 12 heteroatoms. The van der Waals surface area contributed by atoms with E-state index in [9.17, 15) is 40.2 Å². The van der Waals surface area contributed by atoms with Crippen LogP contribution >= 0.6 is 0 Å². The number of ether oxygens (including phenoxy) is 3. The molecule has 0 radical (unpaired) electrons. The van der Waals surface area contributed by atoms with Crippen molar-refractivity contribution in [3.05, 3.63) is 46.6 Å². The Balaban J connectivity index is 1.82. The van der Waals surface area contributed by atoms with Crippen molar-refractivity contribution in [3.8, 4) is 34.3 Å². The van der Waals surface area contributed by atoms with E-state index in [0.29, 0.717) is 11.3 Å². The van der Waals surface area contributed by atoms with E-state index in [1.54, 1.807) is 24.3 Å². The number of rotatable bonds is 5. The Hall–Kier alpha value is -3.84. The van der Waals surface area contributed by atoms with Crippen LogP contribution in [0.2, 0.25) is 0 Å². The SMILES string of the molecule is COc1ccc(-c2cc(=O)c3c(O)cc(O)c(OC4OC(C(=O)O)C(O)C(O)C4O)c3o2)cc1. The first-order valence-corrected chi connectivity index (χ1v) is 9.88. The molecule has 1 aliphatic heterocycles. The number of carboxylic acids is 1. The van der Waals surface area contributed by atoms with Crippen LogP contribution in [0.15, 0.2) is 45.6 Å². The number of aliphatic hydroxyl groups is 3. The van der Waals surface area contributed by atoms with Crippen LogP contribution in [-0.4, -0.2) is 74.4 Å². The third-order valence-electron chi connectivity index (χ3n) is 5.34. The van der Waals surface area contributed by atoms with Gasteiger partial charge < -0.3 is 49.3 Å². The van der Waals surface area contributed by atoms with Crippen molar-refractivity contribution < 1.29 is 54.1 Å². The molecule has 0 aliphatic carbocycles. The molecule has 180 valence electrons. The lowest BCUT2D eigenvalue weighted by atomic mass is 9.99. The first-order valence-electron chi connectivity index (χ1n) is 9.88. The molecule has 34 heavy (non-hydrogen) atoms. The van der Waals surface area contributed by atoms with Crippen molar-refractivity contribution in [2.24, 2.45) is 0 Å². The second-order valence-electron chi connectivity index (χ2n) is 7.50. The molecular weight excluding hydrogens is 456 g/mol. The van der Waals surface area contributed by atoms with Crippen molar-refractivity contribution in [1.82, 2.24) is 0 Å². The van der Waals surface area contributed by atoms with Crippen LogP contribution < -0.4 is 14.9 Å². The third kappa shape index (κ3) is 3.99. The van der Waals surface area contributed by atoms with E-state index in [2.05, 4.69) is 0 Å². The number of carbonyl (C=O) groups is 1. The maximum absolute atomic E-state index is 12.8. The van der Waals surface area contributed by atoms with E-state index in [-0.39, 0.29) is 11.1 Å². The Bertz CT molecular complexity index is 1280. The first kappa shape index (κ1) is 23.3. The molecule has 1 saturated heterocycles. The van der Waals surface area contributed by atoms with Gasteiger partial charge in [-0.1, -0.05) is 0 Å². The van der Waals surface area contributed by atoms with Crippen molar-refractivity contribution in [2.45, 2.75) is 30.7 Å². The molecule has 12 nitrogen and oxygen atoms in total. The van der Waals surface area contributed by atoms with Crippen molar-refractivity contribution in [2.75, 3.05) is 7.11 Å². The summed E-state index contributed by atoms with van der Waals surface area (Å²) in [7, 11) is 1.48. The summed E-state index contributed by atoms with van der Waals surface area (Å²) in [5.74, 6) is -3.00. The molecule has 0 saturated carbocycles. The monoisotopic (exact) mass is 476 g/mol. The van der Waals surface area contributed by atoms with Crippen molar-refractivity contribution in [1.29, 1.82) is 0 Å². The number of phenolic OH excluding ortho intramolecular Hbond substituents is 2. The summed E-state index contributed by atoms with van der Waals surface area (Å²) in [5.41, 5.74) is -0.690. The van der Waals surface area contributed by atoms with Gasteiger partial charge in [-0.05, 0) is 24.3 Å². The third-order valence-corrected chi connectivity index (χ3v) is 5.34. The van der Waals surface area contributed by atoms with Gasteiger partial charge in [0.2, 0.25) is 12.0 Å². The number of methoxy groups -OCH3 is 1. The number of aliphatic carboxylic acids is 1. The molecule has 1 fully saturated rings. The molecule has 5 atom stereocenters. The molecular formula is C22H20O12. The van der Waals surface area contributed by atoms with Gasteiger partial charge in [-0.15, -0.1) is 0 Å². The highest BCUT2D eigenvalue weighted by Crippen LogP contribution is 2.42. The van der Waals surface area contributed by atoms with E-state index >= 15 is 0 Å². The van der Waals surface area contributed by atoms with Gasteiger partial charge >= 0.3 is 5.97 Å². The van der Waals surface area contributed by atoms with Gasteiger partial charge in [0.1, 0.15) is 41.0 Å². The number of aliphatic hydroxyl groups excluding tert-OH is 3. The zero-order valence-corrected chi connectivity index (χ0v) is 17.5. The van der Waals surface area contributed by atoms with E-state index in [1.165, 1.54) is 7.11 Å². The predicted octanol–water partition coefficient (Wildman–Crippen LogP) is 0.151. The molecule has 2 aromatic carbocycles. The molecule has 6 N–H and O–H groups in total. The number of phenols is 2. The zero-order valence-electron chi connectivity index (χ0n) is 17.5. The molecule has 0 bridgehead atoms. The van der Waals surface area contributed by atoms with Gasteiger partial charge in [-0.25, -0.2) is 4.79 Å². The van der Waals surface area contributed by atoms with Gasteiger partial charge in [0.25, 0.3) is 0 Å². The van der Waals surface area contributed by atoms with E-state index in [4.69, 9.17) is 18.6 Å². The van der Waals surface area contributed by atoms with Gasteiger partial charge in [-0.3, -0.25) is 4.79 Å². The second-order valence-corrected chi connectivity index (χ2v) is 7.50. The average molecular weight is 476 g/mol. The molecule has 0 amide bonds. The summed E-state index contributed by atoms with van der Waals surface area (Å²) in [6.07, 6.45) is -9.72. The highest BCUT2D eigenvalue weighted by atomic mass is 16.7. The standard InChI is InChI=1S/C22H20O12/c1-31-9-4-2-8(3-5-9)13-7-11(24)14-10(23)6-12(25)18(19(14)32-13)33-22-17(28)15(26)16(27)20(34-22)21(29)30/h2-7,15-17,20,22-23,25-28H,1H3,(H,29,30). The largest absolute Gasteiger partial charge is 0.507 e. The molecule has 1 aromatic heterocycles. The minimum Gasteiger partial charge on any atom is -0.507 e. The van der Waals surface area contributed by atoms with E-state index < -0.39 is 64.9 Å². The molecule has 4 rings (SSSR count). The lowest BCUT2D eigenvalue weighted by Crippen LogP contribution is -2.61. The summed E-state index contributed by atoms with van der Waals surface area (Å²) in [6.45, 7) is 0. The fourth-order valence-electron chi connectivity index (χ4n) is 3.56. The van der Waals surface area contributed by atoms with Crippen LogP contribution in [0.25, 0.3) is 22.3 Å². The van der Waals surface area contributed by atoms with Gasteiger partial charge in [0, 0.05) is 17.7 Å². The number of fused-ring (bicyclic) bond motifs is 1. The van der Waals surface area contributed by atoms with Crippen LogP contribution in [0.1, 0.15) is 0 Å². The quantitative estimate of drug-likeness (QED) is 0.292. The summed E-state index contributed by atoms with van der Waals surface area (Å²) in [4.78, 5) is 24.1. The Morgan fingerprint density at radius 3 is 2.26 bits per heavy atom. The summed E-state index contributed by atoms with van der Waals surface area (Å²) in [6, 6.07) is 8.31. The van der Waals surface area contributed by atoms with Crippen LogP contribution in [0, 0.1) is 0 Å². The fourth-order valence-corrected chi connectivity index (χ4v) is 3.56. The Kier molecular flexibility index (Phi) is 6.06. The topological polar surface area (TPSA) is 196 Å². The maximum Gasteiger partial charge on any atom is 0.335 e. The van der Waals surface area contributed by atoms with Crippen molar-refractivity contribution >= 4 is 16.9 Å². The fraction of sp³-hybridized carbons (Fsp3) is 0.273. The number of hydrogen-bond donors (Lipinski definition) is 6.